The Bertz CT molecular complexity index is 449. The summed E-state index contributed by atoms with van der Waals surface area (Å²) in [5, 5.41) is 14.3. The van der Waals surface area contributed by atoms with Gasteiger partial charge in [0.2, 0.25) is 0 Å². The molecule has 0 radical (unpaired) electrons. The molecule has 2 N–H and O–H groups in total. The van der Waals surface area contributed by atoms with E-state index >= 15 is 0 Å². The summed E-state index contributed by atoms with van der Waals surface area (Å²) in [6.45, 7) is 0.788. The first-order valence-corrected chi connectivity index (χ1v) is 5.47. The molecule has 0 aromatic heterocycles. The Morgan fingerprint density at radius 3 is 2.78 bits per heavy atom. The van der Waals surface area contributed by atoms with Gasteiger partial charge in [0, 0.05) is 25.5 Å². The van der Waals surface area contributed by atoms with E-state index in [0.717, 1.165) is 5.69 Å². The minimum atomic E-state index is -0.419. The maximum atomic E-state index is 11.6. The van der Waals surface area contributed by atoms with Crippen molar-refractivity contribution in [1.82, 2.24) is 5.32 Å². The lowest BCUT2D eigenvalue weighted by Crippen LogP contribution is -2.28. The molecule has 1 aromatic rings. The van der Waals surface area contributed by atoms with Crippen molar-refractivity contribution in [3.8, 4) is 6.07 Å². The van der Waals surface area contributed by atoms with Crippen molar-refractivity contribution in [3.05, 3.63) is 42.1 Å². The van der Waals surface area contributed by atoms with E-state index in [1.54, 1.807) is 7.11 Å². The molecule has 0 heterocycles. The van der Waals surface area contributed by atoms with Gasteiger partial charge in [-0.05, 0) is 12.1 Å². The summed E-state index contributed by atoms with van der Waals surface area (Å²) < 4.78 is 4.80. The van der Waals surface area contributed by atoms with Crippen LogP contribution in [0.3, 0.4) is 0 Å². The van der Waals surface area contributed by atoms with Gasteiger partial charge in [-0.2, -0.15) is 5.26 Å². The topological polar surface area (TPSA) is 74.1 Å². The van der Waals surface area contributed by atoms with Crippen molar-refractivity contribution in [2.75, 3.05) is 25.6 Å². The number of para-hydroxylation sites is 1. The second-order valence-corrected chi connectivity index (χ2v) is 3.43. The van der Waals surface area contributed by atoms with Gasteiger partial charge >= 0.3 is 0 Å². The zero-order valence-corrected chi connectivity index (χ0v) is 10.1. The van der Waals surface area contributed by atoms with Gasteiger partial charge in [0.05, 0.1) is 6.61 Å². The Balaban J connectivity index is 2.55. The van der Waals surface area contributed by atoms with Gasteiger partial charge in [-0.1, -0.05) is 18.2 Å². The Hall–Kier alpha value is -2.32. The number of nitriles is 1. The smallest absolute Gasteiger partial charge is 0.263 e. The predicted octanol–water partition coefficient (Wildman–Crippen LogP) is 1.27. The molecular formula is C13H15N3O2. The molecule has 0 unspecified atom stereocenters. The molecule has 5 nitrogen and oxygen atoms in total. The second-order valence-electron chi connectivity index (χ2n) is 3.43. The Morgan fingerprint density at radius 1 is 1.44 bits per heavy atom. The molecule has 1 aromatic carbocycles. The largest absolute Gasteiger partial charge is 0.383 e. The molecule has 0 fully saturated rings. The van der Waals surface area contributed by atoms with Crippen LogP contribution in [0.15, 0.2) is 42.1 Å². The predicted molar refractivity (Wildman–Crippen MR) is 68.6 cm³/mol. The maximum Gasteiger partial charge on any atom is 0.263 e. The number of hydrogen-bond acceptors (Lipinski definition) is 4. The van der Waals surface area contributed by atoms with Crippen LogP contribution in [0.25, 0.3) is 0 Å². The molecule has 0 bridgehead atoms. The molecule has 0 saturated heterocycles. The van der Waals surface area contributed by atoms with Crippen LogP contribution < -0.4 is 10.6 Å². The number of nitrogens with one attached hydrogen (secondary N) is 2. The normalized spacial score (nSPS) is 10.6. The minimum Gasteiger partial charge on any atom is -0.383 e. The zero-order chi connectivity index (χ0) is 13.2. The van der Waals surface area contributed by atoms with Crippen LogP contribution in [0.1, 0.15) is 0 Å². The molecule has 0 spiro atoms. The number of carbonyl (C=O) groups excluding carboxylic acids is 1. The van der Waals surface area contributed by atoms with E-state index in [0.29, 0.717) is 13.2 Å². The highest BCUT2D eigenvalue weighted by atomic mass is 16.5. The molecule has 1 amide bonds. The summed E-state index contributed by atoms with van der Waals surface area (Å²) in [4.78, 5) is 11.6. The van der Waals surface area contributed by atoms with Crippen molar-refractivity contribution in [1.29, 1.82) is 5.26 Å². The van der Waals surface area contributed by atoms with Crippen LogP contribution in [0.4, 0.5) is 5.69 Å². The average molecular weight is 245 g/mol. The molecule has 0 aliphatic heterocycles. The third-order valence-electron chi connectivity index (χ3n) is 2.11. The quantitative estimate of drug-likeness (QED) is 0.449. The fraction of sp³-hybridized carbons (Fsp3) is 0.231. The number of benzene rings is 1. The third kappa shape index (κ3) is 4.68. The lowest BCUT2D eigenvalue weighted by Gasteiger charge is -2.04. The molecule has 0 atom stereocenters. The first-order valence-electron chi connectivity index (χ1n) is 5.47. The van der Waals surface area contributed by atoms with Crippen LogP contribution >= 0.6 is 0 Å². The summed E-state index contributed by atoms with van der Waals surface area (Å²) >= 11 is 0. The number of rotatable bonds is 6. The van der Waals surface area contributed by atoms with Crippen molar-refractivity contribution in [2.45, 2.75) is 0 Å². The van der Waals surface area contributed by atoms with Gasteiger partial charge in [-0.25, -0.2) is 0 Å². The van der Waals surface area contributed by atoms with E-state index < -0.39 is 5.91 Å². The molecule has 0 saturated carbocycles. The highest BCUT2D eigenvalue weighted by Crippen LogP contribution is 2.05. The van der Waals surface area contributed by atoms with Crippen LogP contribution in [0.2, 0.25) is 0 Å². The Morgan fingerprint density at radius 2 is 2.17 bits per heavy atom. The van der Waals surface area contributed by atoms with Crippen LogP contribution in [0.5, 0.6) is 0 Å². The average Bonchev–Trinajstić information content (AvgIpc) is 2.41. The van der Waals surface area contributed by atoms with E-state index in [4.69, 9.17) is 10.00 Å². The summed E-state index contributed by atoms with van der Waals surface area (Å²) in [7, 11) is 1.55. The SMILES string of the molecule is COCCNC(=O)/C(C#N)=C\Nc1ccccc1. The maximum absolute atomic E-state index is 11.6. The van der Waals surface area contributed by atoms with E-state index in [9.17, 15) is 4.79 Å². The third-order valence-corrected chi connectivity index (χ3v) is 2.11. The summed E-state index contributed by atoms with van der Waals surface area (Å²) in [5.74, 6) is -0.419. The van der Waals surface area contributed by atoms with Crippen LogP contribution in [-0.4, -0.2) is 26.2 Å². The van der Waals surface area contributed by atoms with Crippen LogP contribution in [0, 0.1) is 11.3 Å². The van der Waals surface area contributed by atoms with Gasteiger partial charge in [0.1, 0.15) is 11.6 Å². The molecule has 1 rings (SSSR count). The van der Waals surface area contributed by atoms with Gasteiger partial charge < -0.3 is 15.4 Å². The van der Waals surface area contributed by atoms with Crippen LogP contribution in [-0.2, 0) is 9.53 Å². The molecular weight excluding hydrogens is 230 g/mol. The molecule has 18 heavy (non-hydrogen) atoms. The van der Waals surface area contributed by atoms with E-state index in [1.807, 2.05) is 36.4 Å². The number of hydrogen-bond donors (Lipinski definition) is 2. The lowest BCUT2D eigenvalue weighted by molar-refractivity contribution is -0.117. The lowest BCUT2D eigenvalue weighted by atomic mass is 10.3. The fourth-order valence-electron chi connectivity index (χ4n) is 1.20. The number of amides is 1. The Labute approximate surface area is 106 Å². The van der Waals surface area contributed by atoms with Crippen molar-refractivity contribution in [2.24, 2.45) is 0 Å². The van der Waals surface area contributed by atoms with Crippen molar-refractivity contribution in [3.63, 3.8) is 0 Å². The van der Waals surface area contributed by atoms with Gasteiger partial charge in [-0.3, -0.25) is 4.79 Å². The number of nitrogens with zero attached hydrogens (tertiary/aromatic N) is 1. The van der Waals surface area contributed by atoms with Gasteiger partial charge in [-0.15, -0.1) is 0 Å². The molecule has 5 heteroatoms. The van der Waals surface area contributed by atoms with E-state index in [1.165, 1.54) is 6.20 Å². The highest BCUT2D eigenvalue weighted by Gasteiger charge is 2.07. The second kappa shape index (κ2) is 7.87. The number of anilines is 1. The standard InChI is InChI=1S/C13H15N3O2/c1-18-8-7-15-13(17)11(9-14)10-16-12-5-3-2-4-6-12/h2-6,10,16H,7-8H2,1H3,(H,15,17)/b11-10-. The molecule has 0 aliphatic rings. The van der Waals surface area contributed by atoms with Gasteiger partial charge in [0.25, 0.3) is 5.91 Å². The zero-order valence-electron chi connectivity index (χ0n) is 10.1. The van der Waals surface area contributed by atoms with Crippen molar-refractivity contribution >= 4 is 11.6 Å². The number of ether oxygens (including phenoxy) is 1. The molecule has 0 aliphatic carbocycles. The monoisotopic (exact) mass is 245 g/mol. The Kier molecular flexibility index (Phi) is 6.01. The highest BCUT2D eigenvalue weighted by molar-refractivity contribution is 5.97. The minimum absolute atomic E-state index is 0.0231. The first-order chi connectivity index (χ1) is 8.77. The van der Waals surface area contributed by atoms with Crippen molar-refractivity contribution < 1.29 is 9.53 Å². The number of carbonyl (C=O) groups is 1. The summed E-state index contributed by atoms with van der Waals surface area (Å²) in [6, 6.07) is 11.1. The molecule has 94 valence electrons. The number of methoxy groups -OCH3 is 1. The van der Waals surface area contributed by atoms with Gasteiger partial charge in [0.15, 0.2) is 0 Å². The fourth-order valence-corrected chi connectivity index (χ4v) is 1.20. The summed E-state index contributed by atoms with van der Waals surface area (Å²) in [5.41, 5.74) is 0.838. The van der Waals surface area contributed by atoms with E-state index in [-0.39, 0.29) is 5.57 Å². The first kappa shape index (κ1) is 13.7. The van der Waals surface area contributed by atoms with E-state index in [2.05, 4.69) is 10.6 Å². The summed E-state index contributed by atoms with van der Waals surface area (Å²) in [6.07, 6.45) is 1.39.